The molecule has 0 bridgehead atoms. The Morgan fingerprint density at radius 2 is 1.72 bits per heavy atom. The normalized spacial score (nSPS) is 20.9. The molecule has 0 aliphatic carbocycles. The van der Waals surface area contributed by atoms with E-state index in [4.69, 9.17) is 0 Å². The van der Waals surface area contributed by atoms with Crippen LogP contribution in [0, 0.1) is 17.8 Å². The Labute approximate surface area is 153 Å². The lowest BCUT2D eigenvalue weighted by Gasteiger charge is -2.35. The van der Waals surface area contributed by atoms with E-state index in [1.165, 1.54) is 38.0 Å². The van der Waals surface area contributed by atoms with Crippen LogP contribution in [-0.4, -0.2) is 43.4 Å². The fraction of sp³-hybridized carbons (Fsp3) is 0.682. The summed E-state index contributed by atoms with van der Waals surface area (Å²) < 4.78 is 0. The largest absolute Gasteiger partial charge is 0.317 e. The van der Waals surface area contributed by atoms with E-state index in [1.807, 2.05) is 12.1 Å². The first-order valence-electron chi connectivity index (χ1n) is 10.2. The van der Waals surface area contributed by atoms with E-state index in [0.717, 1.165) is 43.8 Å². The molecule has 2 aliphatic heterocycles. The lowest BCUT2D eigenvalue weighted by molar-refractivity contribution is 0.0819. The molecule has 0 amide bonds. The molecular weight excluding hydrogens is 308 g/mol. The van der Waals surface area contributed by atoms with E-state index in [9.17, 15) is 4.79 Å². The van der Waals surface area contributed by atoms with Gasteiger partial charge in [0.15, 0.2) is 5.78 Å². The Bertz CT molecular complexity index is 538. The van der Waals surface area contributed by atoms with Gasteiger partial charge in [-0.25, -0.2) is 0 Å². The first-order chi connectivity index (χ1) is 12.1. The molecule has 2 heterocycles. The first kappa shape index (κ1) is 18.6. The highest BCUT2D eigenvalue weighted by Crippen LogP contribution is 2.24. The zero-order valence-electron chi connectivity index (χ0n) is 16.0. The molecule has 3 nitrogen and oxygen atoms in total. The summed E-state index contributed by atoms with van der Waals surface area (Å²) in [5, 5.41) is 3.44. The van der Waals surface area contributed by atoms with Crippen molar-refractivity contribution < 1.29 is 4.79 Å². The third-order valence-corrected chi connectivity index (χ3v) is 5.82. The number of Topliss-reactive ketones (excluding diaryl/α,β-unsaturated/α-hetero) is 1. The van der Waals surface area contributed by atoms with Gasteiger partial charge in [-0.3, -0.25) is 4.79 Å². The van der Waals surface area contributed by atoms with Crippen molar-refractivity contribution in [2.75, 3.05) is 32.7 Å². The standard InChI is InChI=1S/C22H34N2O/c1-17(2)15-18-3-5-20(6-4-18)22(25)21-9-13-24(14-10-21)16-19-7-11-23-12-8-19/h3-6,17,19,21,23H,7-16H2,1-2H3. The summed E-state index contributed by atoms with van der Waals surface area (Å²) >= 11 is 0. The average Bonchev–Trinajstić information content (AvgIpc) is 2.63. The van der Waals surface area contributed by atoms with Crippen molar-refractivity contribution in [2.24, 2.45) is 17.8 Å². The van der Waals surface area contributed by atoms with Crippen LogP contribution in [0.5, 0.6) is 0 Å². The lowest BCUT2D eigenvalue weighted by Crippen LogP contribution is -2.41. The second-order valence-electron chi connectivity index (χ2n) is 8.43. The van der Waals surface area contributed by atoms with Gasteiger partial charge in [0.25, 0.3) is 0 Å². The minimum atomic E-state index is 0.222. The van der Waals surface area contributed by atoms with Crippen LogP contribution in [0.3, 0.4) is 0 Å². The molecule has 0 radical (unpaired) electrons. The number of nitrogens with one attached hydrogen (secondary N) is 1. The number of carbonyl (C=O) groups is 1. The predicted octanol–water partition coefficient (Wildman–Crippen LogP) is 3.78. The number of ketones is 1. The van der Waals surface area contributed by atoms with Gasteiger partial charge in [-0.1, -0.05) is 38.1 Å². The summed E-state index contributed by atoms with van der Waals surface area (Å²) in [6.07, 6.45) is 5.75. The fourth-order valence-corrected chi connectivity index (χ4v) is 4.32. The number of carbonyl (C=O) groups excluding carboxylic acids is 1. The molecule has 0 atom stereocenters. The van der Waals surface area contributed by atoms with Gasteiger partial charge in [0, 0.05) is 18.0 Å². The first-order valence-corrected chi connectivity index (χ1v) is 10.2. The van der Waals surface area contributed by atoms with Crippen molar-refractivity contribution in [3.63, 3.8) is 0 Å². The van der Waals surface area contributed by atoms with Crippen molar-refractivity contribution in [1.29, 1.82) is 0 Å². The number of likely N-dealkylation sites (tertiary alicyclic amines) is 1. The molecule has 2 aliphatic rings. The van der Waals surface area contributed by atoms with E-state index in [1.54, 1.807) is 0 Å². The van der Waals surface area contributed by atoms with Gasteiger partial charge in [0.05, 0.1) is 0 Å². The maximum Gasteiger partial charge on any atom is 0.166 e. The molecule has 0 aromatic heterocycles. The third kappa shape index (κ3) is 5.39. The Morgan fingerprint density at radius 1 is 1.08 bits per heavy atom. The Hall–Kier alpha value is -1.19. The lowest BCUT2D eigenvalue weighted by atomic mass is 9.87. The second kappa shape index (κ2) is 8.95. The number of hydrogen-bond donors (Lipinski definition) is 1. The molecule has 1 aromatic carbocycles. The van der Waals surface area contributed by atoms with E-state index in [0.29, 0.717) is 11.7 Å². The van der Waals surface area contributed by atoms with Crippen LogP contribution < -0.4 is 5.32 Å². The summed E-state index contributed by atoms with van der Waals surface area (Å²) in [5.74, 6) is 2.09. The van der Waals surface area contributed by atoms with Gasteiger partial charge >= 0.3 is 0 Å². The Kier molecular flexibility index (Phi) is 6.66. The summed E-state index contributed by atoms with van der Waals surface area (Å²) in [4.78, 5) is 15.4. The van der Waals surface area contributed by atoms with E-state index < -0.39 is 0 Å². The number of piperidine rings is 2. The molecule has 1 N–H and O–H groups in total. The molecule has 25 heavy (non-hydrogen) atoms. The predicted molar refractivity (Wildman–Crippen MR) is 104 cm³/mol. The van der Waals surface area contributed by atoms with Gasteiger partial charge in [0.1, 0.15) is 0 Å². The van der Waals surface area contributed by atoms with Crippen LogP contribution in [0.25, 0.3) is 0 Å². The topological polar surface area (TPSA) is 32.3 Å². The van der Waals surface area contributed by atoms with Crippen molar-refractivity contribution in [3.05, 3.63) is 35.4 Å². The molecule has 0 spiro atoms. The van der Waals surface area contributed by atoms with E-state index >= 15 is 0 Å². The molecular formula is C22H34N2O. The van der Waals surface area contributed by atoms with Crippen LogP contribution in [0.1, 0.15) is 55.5 Å². The number of hydrogen-bond acceptors (Lipinski definition) is 3. The van der Waals surface area contributed by atoms with Crippen LogP contribution in [0.15, 0.2) is 24.3 Å². The fourth-order valence-electron chi connectivity index (χ4n) is 4.32. The number of benzene rings is 1. The number of nitrogens with zero attached hydrogens (tertiary/aromatic N) is 1. The van der Waals surface area contributed by atoms with Gasteiger partial charge in [0.2, 0.25) is 0 Å². The maximum absolute atomic E-state index is 12.8. The Balaban J connectivity index is 1.47. The van der Waals surface area contributed by atoms with Gasteiger partial charge in [-0.15, -0.1) is 0 Å². The zero-order valence-corrected chi connectivity index (χ0v) is 16.0. The van der Waals surface area contributed by atoms with Gasteiger partial charge in [-0.05, 0) is 75.7 Å². The summed E-state index contributed by atoms with van der Waals surface area (Å²) in [6.45, 7) is 10.2. The molecule has 1 aromatic rings. The van der Waals surface area contributed by atoms with Crippen molar-refractivity contribution in [1.82, 2.24) is 10.2 Å². The quantitative estimate of drug-likeness (QED) is 0.799. The summed E-state index contributed by atoms with van der Waals surface area (Å²) in [5.41, 5.74) is 2.24. The van der Waals surface area contributed by atoms with Crippen molar-refractivity contribution >= 4 is 5.78 Å². The summed E-state index contributed by atoms with van der Waals surface area (Å²) in [7, 11) is 0. The average molecular weight is 343 g/mol. The summed E-state index contributed by atoms with van der Waals surface area (Å²) in [6, 6.07) is 8.36. The third-order valence-electron chi connectivity index (χ3n) is 5.82. The molecule has 138 valence electrons. The van der Waals surface area contributed by atoms with Crippen LogP contribution >= 0.6 is 0 Å². The highest BCUT2D eigenvalue weighted by Gasteiger charge is 2.27. The molecule has 2 saturated heterocycles. The highest BCUT2D eigenvalue weighted by atomic mass is 16.1. The molecule has 3 rings (SSSR count). The molecule has 3 heteroatoms. The monoisotopic (exact) mass is 342 g/mol. The van der Waals surface area contributed by atoms with Gasteiger partial charge < -0.3 is 10.2 Å². The minimum absolute atomic E-state index is 0.222. The van der Waals surface area contributed by atoms with Crippen molar-refractivity contribution in [3.8, 4) is 0 Å². The SMILES string of the molecule is CC(C)Cc1ccc(C(=O)C2CCN(CC3CCNCC3)CC2)cc1. The molecule has 0 saturated carbocycles. The minimum Gasteiger partial charge on any atom is -0.317 e. The highest BCUT2D eigenvalue weighted by molar-refractivity contribution is 5.97. The van der Waals surface area contributed by atoms with Crippen LogP contribution in [0.4, 0.5) is 0 Å². The van der Waals surface area contributed by atoms with E-state index in [2.05, 4.69) is 36.2 Å². The van der Waals surface area contributed by atoms with Crippen LogP contribution in [0.2, 0.25) is 0 Å². The zero-order chi connectivity index (χ0) is 17.6. The Morgan fingerprint density at radius 3 is 2.32 bits per heavy atom. The van der Waals surface area contributed by atoms with Crippen molar-refractivity contribution in [2.45, 2.75) is 46.0 Å². The number of rotatable bonds is 6. The molecule has 0 unspecified atom stereocenters. The van der Waals surface area contributed by atoms with E-state index in [-0.39, 0.29) is 5.92 Å². The van der Waals surface area contributed by atoms with Gasteiger partial charge in [-0.2, -0.15) is 0 Å². The maximum atomic E-state index is 12.8. The molecule has 2 fully saturated rings. The second-order valence-corrected chi connectivity index (χ2v) is 8.43. The van der Waals surface area contributed by atoms with Crippen LogP contribution in [-0.2, 0) is 6.42 Å². The smallest absolute Gasteiger partial charge is 0.166 e.